The fourth-order valence-electron chi connectivity index (χ4n) is 4.00. The standard InChI is InChI=1S/C24H24N2O4/c1-13-10-19(16(4)15(3)14(13)2)21(27)12-30-24(29)17-7-8-18-20(11-17)25-22-6-5-9-26(22)23(18)28/h7-8,10-11H,5-6,9,12H2,1-4H3. The van der Waals surface area contributed by atoms with Crippen molar-refractivity contribution in [3.05, 3.63) is 73.8 Å². The zero-order valence-electron chi connectivity index (χ0n) is 17.7. The Bertz CT molecular complexity index is 1270. The summed E-state index contributed by atoms with van der Waals surface area (Å²) >= 11 is 0. The van der Waals surface area contributed by atoms with Gasteiger partial charge in [-0.2, -0.15) is 0 Å². The van der Waals surface area contributed by atoms with Gasteiger partial charge in [0.1, 0.15) is 5.82 Å². The Morgan fingerprint density at radius 1 is 1.07 bits per heavy atom. The minimum atomic E-state index is -0.606. The van der Waals surface area contributed by atoms with Gasteiger partial charge >= 0.3 is 5.97 Å². The molecular formula is C24H24N2O4. The van der Waals surface area contributed by atoms with Gasteiger partial charge in [-0.05, 0) is 80.6 Å². The zero-order chi connectivity index (χ0) is 21.6. The Labute approximate surface area is 174 Å². The highest BCUT2D eigenvalue weighted by molar-refractivity contribution is 6.01. The lowest BCUT2D eigenvalue weighted by Gasteiger charge is -2.13. The van der Waals surface area contributed by atoms with Crippen molar-refractivity contribution < 1.29 is 14.3 Å². The number of ether oxygens (including phenoxy) is 1. The molecule has 1 aromatic heterocycles. The van der Waals surface area contributed by atoms with Crippen LogP contribution >= 0.6 is 0 Å². The largest absolute Gasteiger partial charge is 0.454 e. The van der Waals surface area contributed by atoms with Crippen molar-refractivity contribution in [2.45, 2.75) is 47.1 Å². The van der Waals surface area contributed by atoms with Crippen LogP contribution in [0.5, 0.6) is 0 Å². The molecule has 0 N–H and O–H groups in total. The quantitative estimate of drug-likeness (QED) is 0.490. The second-order valence-electron chi connectivity index (χ2n) is 7.94. The van der Waals surface area contributed by atoms with Crippen LogP contribution in [-0.2, 0) is 17.7 Å². The number of ketones is 1. The van der Waals surface area contributed by atoms with E-state index < -0.39 is 5.97 Å². The lowest BCUT2D eigenvalue weighted by Crippen LogP contribution is -2.21. The molecule has 3 aromatic rings. The van der Waals surface area contributed by atoms with E-state index in [0.29, 0.717) is 23.0 Å². The van der Waals surface area contributed by atoms with E-state index in [0.717, 1.165) is 40.9 Å². The van der Waals surface area contributed by atoms with E-state index in [1.54, 1.807) is 22.8 Å². The van der Waals surface area contributed by atoms with Gasteiger partial charge < -0.3 is 4.74 Å². The minimum Gasteiger partial charge on any atom is -0.454 e. The fraction of sp³-hybridized carbons (Fsp3) is 0.333. The lowest BCUT2D eigenvalue weighted by atomic mass is 9.93. The Morgan fingerprint density at radius 3 is 2.60 bits per heavy atom. The molecule has 6 nitrogen and oxygen atoms in total. The summed E-state index contributed by atoms with van der Waals surface area (Å²) in [6, 6.07) is 6.56. The normalized spacial score (nSPS) is 12.8. The van der Waals surface area contributed by atoms with Crippen molar-refractivity contribution in [2.24, 2.45) is 0 Å². The molecule has 0 saturated carbocycles. The van der Waals surface area contributed by atoms with Gasteiger partial charge in [-0.25, -0.2) is 9.78 Å². The minimum absolute atomic E-state index is 0.0804. The van der Waals surface area contributed by atoms with E-state index >= 15 is 0 Å². The van der Waals surface area contributed by atoms with Crippen molar-refractivity contribution in [1.82, 2.24) is 9.55 Å². The number of carbonyl (C=O) groups is 2. The summed E-state index contributed by atoms with van der Waals surface area (Å²) in [4.78, 5) is 42.3. The Kier molecular flexibility index (Phi) is 5.02. The molecule has 30 heavy (non-hydrogen) atoms. The topological polar surface area (TPSA) is 78.3 Å². The number of aromatic nitrogens is 2. The molecule has 0 spiro atoms. The molecule has 0 fully saturated rings. The molecule has 1 aliphatic rings. The Balaban J connectivity index is 1.55. The second-order valence-corrected chi connectivity index (χ2v) is 7.94. The molecule has 0 bridgehead atoms. The average Bonchev–Trinajstić information content (AvgIpc) is 3.21. The van der Waals surface area contributed by atoms with E-state index in [1.165, 1.54) is 0 Å². The number of nitrogens with zero attached hydrogens (tertiary/aromatic N) is 2. The SMILES string of the molecule is Cc1cc(C(=O)COC(=O)c2ccc3c(=O)n4c(nc3c2)CCC4)c(C)c(C)c1C. The van der Waals surface area contributed by atoms with Crippen LogP contribution in [0.25, 0.3) is 10.9 Å². The number of fused-ring (bicyclic) bond motifs is 2. The first-order valence-corrected chi connectivity index (χ1v) is 10.1. The van der Waals surface area contributed by atoms with E-state index in [2.05, 4.69) is 4.98 Å². The number of esters is 1. The number of hydrogen-bond acceptors (Lipinski definition) is 5. The van der Waals surface area contributed by atoms with Crippen molar-refractivity contribution in [1.29, 1.82) is 0 Å². The van der Waals surface area contributed by atoms with Crippen LogP contribution < -0.4 is 5.56 Å². The molecular weight excluding hydrogens is 380 g/mol. The summed E-state index contributed by atoms with van der Waals surface area (Å²) in [6.45, 7) is 8.23. The predicted octanol–water partition coefficient (Wildman–Crippen LogP) is 3.62. The van der Waals surface area contributed by atoms with E-state index in [1.807, 2.05) is 33.8 Å². The number of carbonyl (C=O) groups excluding carboxylic acids is 2. The van der Waals surface area contributed by atoms with Crippen LogP contribution in [0.3, 0.4) is 0 Å². The molecule has 0 amide bonds. The highest BCUT2D eigenvalue weighted by Gasteiger charge is 2.19. The first-order valence-electron chi connectivity index (χ1n) is 10.1. The molecule has 0 saturated heterocycles. The van der Waals surface area contributed by atoms with Crippen molar-refractivity contribution in [3.63, 3.8) is 0 Å². The molecule has 4 rings (SSSR count). The summed E-state index contributed by atoms with van der Waals surface area (Å²) < 4.78 is 6.97. The maximum absolute atomic E-state index is 12.7. The maximum atomic E-state index is 12.7. The van der Waals surface area contributed by atoms with Gasteiger partial charge in [-0.1, -0.05) is 0 Å². The van der Waals surface area contributed by atoms with Crippen molar-refractivity contribution >= 4 is 22.7 Å². The third kappa shape index (κ3) is 3.32. The monoisotopic (exact) mass is 404 g/mol. The van der Waals surface area contributed by atoms with Gasteiger partial charge in [-0.3, -0.25) is 14.2 Å². The molecule has 0 unspecified atom stereocenters. The van der Waals surface area contributed by atoms with Gasteiger partial charge in [0.25, 0.3) is 5.56 Å². The molecule has 6 heteroatoms. The first-order chi connectivity index (χ1) is 14.3. The van der Waals surface area contributed by atoms with Crippen molar-refractivity contribution in [3.8, 4) is 0 Å². The zero-order valence-corrected chi connectivity index (χ0v) is 17.7. The predicted molar refractivity (Wildman–Crippen MR) is 114 cm³/mol. The lowest BCUT2D eigenvalue weighted by molar-refractivity contribution is 0.0474. The van der Waals surface area contributed by atoms with E-state index in [9.17, 15) is 14.4 Å². The van der Waals surface area contributed by atoms with Crippen LogP contribution in [0.15, 0.2) is 29.1 Å². The first kappa shape index (κ1) is 20.0. The Hall–Kier alpha value is -3.28. The molecule has 2 aromatic carbocycles. The van der Waals surface area contributed by atoms with Crippen LogP contribution in [0.1, 0.15) is 55.2 Å². The summed E-state index contributed by atoms with van der Waals surface area (Å²) in [5.41, 5.74) is 5.43. The molecule has 0 radical (unpaired) electrons. The van der Waals surface area contributed by atoms with Gasteiger partial charge in [0.2, 0.25) is 5.78 Å². The van der Waals surface area contributed by atoms with Crippen LogP contribution in [-0.4, -0.2) is 27.9 Å². The number of hydrogen-bond donors (Lipinski definition) is 0. The molecule has 0 atom stereocenters. The Morgan fingerprint density at radius 2 is 1.83 bits per heavy atom. The summed E-state index contributed by atoms with van der Waals surface area (Å²) in [7, 11) is 0. The van der Waals surface area contributed by atoms with Gasteiger partial charge in [0, 0.05) is 18.5 Å². The number of aryl methyl sites for hydroxylation is 2. The highest BCUT2D eigenvalue weighted by atomic mass is 16.5. The molecule has 1 aliphatic heterocycles. The second kappa shape index (κ2) is 7.52. The van der Waals surface area contributed by atoms with Crippen LogP contribution in [0.4, 0.5) is 0 Å². The van der Waals surface area contributed by atoms with Crippen LogP contribution in [0, 0.1) is 27.7 Å². The highest BCUT2D eigenvalue weighted by Crippen LogP contribution is 2.22. The summed E-state index contributed by atoms with van der Waals surface area (Å²) in [5, 5.41) is 0.481. The number of benzene rings is 2. The third-order valence-electron chi connectivity index (χ3n) is 6.17. The fourth-order valence-corrected chi connectivity index (χ4v) is 4.00. The van der Waals surface area contributed by atoms with Crippen LogP contribution in [0.2, 0.25) is 0 Å². The molecule has 0 aliphatic carbocycles. The van der Waals surface area contributed by atoms with Crippen molar-refractivity contribution in [2.75, 3.05) is 6.61 Å². The summed E-state index contributed by atoms with van der Waals surface area (Å²) in [6.07, 6.45) is 1.65. The van der Waals surface area contributed by atoms with E-state index in [-0.39, 0.29) is 23.5 Å². The number of Topliss-reactive ketones (excluding diaryl/α,β-unsaturated/α-hetero) is 1. The molecule has 2 heterocycles. The maximum Gasteiger partial charge on any atom is 0.338 e. The summed E-state index contributed by atoms with van der Waals surface area (Å²) in [5.74, 6) is -0.0957. The number of rotatable bonds is 4. The molecule has 154 valence electrons. The van der Waals surface area contributed by atoms with Gasteiger partial charge in [0.15, 0.2) is 6.61 Å². The van der Waals surface area contributed by atoms with Gasteiger partial charge in [0.05, 0.1) is 16.5 Å². The average molecular weight is 404 g/mol. The van der Waals surface area contributed by atoms with E-state index in [4.69, 9.17) is 4.74 Å². The van der Waals surface area contributed by atoms with Gasteiger partial charge in [-0.15, -0.1) is 0 Å². The smallest absolute Gasteiger partial charge is 0.338 e. The third-order valence-corrected chi connectivity index (χ3v) is 6.17.